The number of hydrogen-bond donors (Lipinski definition) is 1. The van der Waals surface area contributed by atoms with Crippen molar-refractivity contribution < 1.29 is 14.6 Å². The van der Waals surface area contributed by atoms with E-state index in [1.807, 2.05) is 44.3 Å². The third-order valence-electron chi connectivity index (χ3n) is 3.85. The summed E-state index contributed by atoms with van der Waals surface area (Å²) in [5.74, 6) is -0.277. The Kier molecular flexibility index (Phi) is 4.57. The molecule has 0 aliphatic rings. The van der Waals surface area contributed by atoms with Gasteiger partial charge in [0.05, 0.1) is 17.6 Å². The van der Waals surface area contributed by atoms with Crippen molar-refractivity contribution in [3.05, 3.63) is 57.7 Å². The second-order valence-electron chi connectivity index (χ2n) is 5.70. The van der Waals surface area contributed by atoms with E-state index in [-0.39, 0.29) is 6.42 Å². The Balaban J connectivity index is 1.91. The number of rotatable bonds is 5. The number of ether oxygens (including phenoxy) is 1. The SMILES string of the molecule is Cc1ccc(CC(=O)O)c(OCc2c3cc(Br)ccc3nn2C)c1. The first kappa shape index (κ1) is 16.5. The molecule has 0 saturated carbocycles. The molecule has 0 spiro atoms. The molecule has 0 unspecified atom stereocenters. The molecule has 0 bridgehead atoms. The van der Waals surface area contributed by atoms with Crippen LogP contribution in [-0.4, -0.2) is 20.9 Å². The number of nitrogens with zero attached hydrogens (tertiary/aromatic N) is 2. The third-order valence-corrected chi connectivity index (χ3v) is 4.34. The Labute approximate surface area is 148 Å². The van der Waals surface area contributed by atoms with Crippen LogP contribution >= 0.6 is 15.9 Å². The van der Waals surface area contributed by atoms with Crippen molar-refractivity contribution in [3.8, 4) is 5.75 Å². The monoisotopic (exact) mass is 388 g/mol. The lowest BCUT2D eigenvalue weighted by Crippen LogP contribution is -2.07. The minimum Gasteiger partial charge on any atom is -0.487 e. The Morgan fingerprint density at radius 1 is 1.29 bits per heavy atom. The molecule has 0 radical (unpaired) electrons. The molecular formula is C18H17BrN2O3. The van der Waals surface area contributed by atoms with Crippen molar-refractivity contribution in [1.29, 1.82) is 0 Å². The molecule has 1 heterocycles. The van der Waals surface area contributed by atoms with E-state index in [2.05, 4.69) is 21.0 Å². The minimum atomic E-state index is -0.876. The number of aryl methyl sites for hydroxylation is 2. The maximum atomic E-state index is 11.0. The quantitative estimate of drug-likeness (QED) is 0.720. The fourth-order valence-electron chi connectivity index (χ4n) is 2.65. The zero-order valence-electron chi connectivity index (χ0n) is 13.4. The summed E-state index contributed by atoms with van der Waals surface area (Å²) in [4.78, 5) is 11.0. The number of carbonyl (C=O) groups is 1. The van der Waals surface area contributed by atoms with Gasteiger partial charge in [0.1, 0.15) is 12.4 Å². The number of carboxylic acid groups (broad SMARTS) is 1. The molecule has 0 aliphatic heterocycles. The van der Waals surface area contributed by atoms with Crippen LogP contribution < -0.4 is 4.74 Å². The lowest BCUT2D eigenvalue weighted by molar-refractivity contribution is -0.136. The topological polar surface area (TPSA) is 64.3 Å². The van der Waals surface area contributed by atoms with Gasteiger partial charge in [0, 0.05) is 22.5 Å². The molecule has 6 heteroatoms. The number of halogens is 1. The predicted molar refractivity (Wildman–Crippen MR) is 95.3 cm³/mol. The van der Waals surface area contributed by atoms with Gasteiger partial charge in [-0.05, 0) is 36.8 Å². The molecule has 0 amide bonds. The van der Waals surface area contributed by atoms with Gasteiger partial charge in [-0.2, -0.15) is 5.10 Å². The summed E-state index contributed by atoms with van der Waals surface area (Å²) in [5.41, 5.74) is 3.53. The lowest BCUT2D eigenvalue weighted by atomic mass is 10.1. The largest absolute Gasteiger partial charge is 0.487 e. The van der Waals surface area contributed by atoms with Crippen LogP contribution in [0.1, 0.15) is 16.8 Å². The first-order valence-electron chi connectivity index (χ1n) is 7.49. The van der Waals surface area contributed by atoms with Crippen LogP contribution in [0.15, 0.2) is 40.9 Å². The molecule has 1 N–H and O–H groups in total. The predicted octanol–water partition coefficient (Wildman–Crippen LogP) is 3.85. The maximum Gasteiger partial charge on any atom is 0.307 e. The molecule has 0 atom stereocenters. The van der Waals surface area contributed by atoms with Crippen molar-refractivity contribution in [2.45, 2.75) is 20.0 Å². The highest BCUT2D eigenvalue weighted by Gasteiger charge is 2.13. The van der Waals surface area contributed by atoms with Crippen molar-refractivity contribution >= 4 is 32.8 Å². The van der Waals surface area contributed by atoms with E-state index in [0.29, 0.717) is 17.9 Å². The fourth-order valence-corrected chi connectivity index (χ4v) is 3.01. The van der Waals surface area contributed by atoms with Crippen LogP contribution in [0, 0.1) is 6.92 Å². The molecule has 3 rings (SSSR count). The molecule has 0 saturated heterocycles. The fraction of sp³-hybridized carbons (Fsp3) is 0.222. The lowest BCUT2D eigenvalue weighted by Gasteiger charge is -2.12. The smallest absolute Gasteiger partial charge is 0.307 e. The average molecular weight is 389 g/mol. The first-order chi connectivity index (χ1) is 11.4. The Morgan fingerprint density at radius 3 is 2.83 bits per heavy atom. The van der Waals surface area contributed by atoms with Gasteiger partial charge in [0.15, 0.2) is 0 Å². The van der Waals surface area contributed by atoms with Crippen LogP contribution in [0.2, 0.25) is 0 Å². The standard InChI is InChI=1S/C18H17BrN2O3/c1-11-3-4-12(8-18(22)23)17(7-11)24-10-16-14-9-13(19)5-6-15(14)20-21(16)2/h3-7,9H,8,10H2,1-2H3,(H,22,23). The maximum absolute atomic E-state index is 11.0. The summed E-state index contributed by atoms with van der Waals surface area (Å²) in [6.07, 6.45) is -0.0622. The molecule has 0 fully saturated rings. The van der Waals surface area contributed by atoms with E-state index in [1.165, 1.54) is 0 Å². The number of benzene rings is 2. The van der Waals surface area contributed by atoms with Crippen LogP contribution in [0.5, 0.6) is 5.75 Å². The minimum absolute atomic E-state index is 0.0622. The normalized spacial score (nSPS) is 11.0. The van der Waals surface area contributed by atoms with E-state index in [9.17, 15) is 4.79 Å². The summed E-state index contributed by atoms with van der Waals surface area (Å²) in [5, 5.41) is 14.5. The summed E-state index contributed by atoms with van der Waals surface area (Å²) < 4.78 is 8.73. The Hall–Kier alpha value is -2.34. The molecule has 3 aromatic rings. The second-order valence-corrected chi connectivity index (χ2v) is 6.62. The number of carboxylic acids is 1. The van der Waals surface area contributed by atoms with Crippen LogP contribution in [0.3, 0.4) is 0 Å². The molecule has 0 aliphatic carbocycles. The van der Waals surface area contributed by atoms with Gasteiger partial charge < -0.3 is 9.84 Å². The average Bonchev–Trinajstić information content (AvgIpc) is 2.82. The van der Waals surface area contributed by atoms with E-state index >= 15 is 0 Å². The first-order valence-corrected chi connectivity index (χ1v) is 8.28. The Bertz CT molecular complexity index is 918. The van der Waals surface area contributed by atoms with Crippen molar-refractivity contribution in [3.63, 3.8) is 0 Å². The van der Waals surface area contributed by atoms with E-state index < -0.39 is 5.97 Å². The summed E-state index contributed by atoms with van der Waals surface area (Å²) >= 11 is 3.48. The molecule has 124 valence electrons. The van der Waals surface area contributed by atoms with E-state index in [4.69, 9.17) is 9.84 Å². The van der Waals surface area contributed by atoms with E-state index in [0.717, 1.165) is 26.6 Å². The van der Waals surface area contributed by atoms with Gasteiger partial charge >= 0.3 is 5.97 Å². The highest BCUT2D eigenvalue weighted by molar-refractivity contribution is 9.10. The molecular weight excluding hydrogens is 372 g/mol. The zero-order valence-corrected chi connectivity index (χ0v) is 15.0. The second kappa shape index (κ2) is 6.65. The molecule has 5 nitrogen and oxygen atoms in total. The highest BCUT2D eigenvalue weighted by atomic mass is 79.9. The van der Waals surface area contributed by atoms with Crippen molar-refractivity contribution in [2.75, 3.05) is 0 Å². The zero-order chi connectivity index (χ0) is 17.3. The van der Waals surface area contributed by atoms with Gasteiger partial charge in [0.25, 0.3) is 0 Å². The van der Waals surface area contributed by atoms with Gasteiger partial charge in [-0.3, -0.25) is 9.48 Å². The number of hydrogen-bond acceptors (Lipinski definition) is 3. The summed E-state index contributed by atoms with van der Waals surface area (Å²) in [7, 11) is 1.88. The van der Waals surface area contributed by atoms with Gasteiger partial charge in [-0.25, -0.2) is 0 Å². The summed E-state index contributed by atoms with van der Waals surface area (Å²) in [6.45, 7) is 2.27. The highest BCUT2D eigenvalue weighted by Crippen LogP contribution is 2.26. The van der Waals surface area contributed by atoms with Gasteiger partial charge in [-0.15, -0.1) is 0 Å². The molecule has 2 aromatic carbocycles. The van der Waals surface area contributed by atoms with Crippen LogP contribution in [0.25, 0.3) is 10.9 Å². The van der Waals surface area contributed by atoms with Gasteiger partial charge in [-0.1, -0.05) is 28.1 Å². The number of aromatic nitrogens is 2. The van der Waals surface area contributed by atoms with Crippen LogP contribution in [-0.2, 0) is 24.9 Å². The van der Waals surface area contributed by atoms with E-state index in [1.54, 1.807) is 10.7 Å². The van der Waals surface area contributed by atoms with Gasteiger partial charge in [0.2, 0.25) is 0 Å². The molecule has 1 aromatic heterocycles. The van der Waals surface area contributed by atoms with Crippen LogP contribution in [0.4, 0.5) is 0 Å². The third kappa shape index (κ3) is 3.43. The summed E-state index contributed by atoms with van der Waals surface area (Å²) in [6, 6.07) is 11.5. The van der Waals surface area contributed by atoms with Crippen molar-refractivity contribution in [2.24, 2.45) is 7.05 Å². The number of fused-ring (bicyclic) bond motifs is 1. The number of aliphatic carboxylic acids is 1. The molecule has 24 heavy (non-hydrogen) atoms. The Morgan fingerprint density at radius 2 is 2.08 bits per heavy atom. The van der Waals surface area contributed by atoms with Crippen molar-refractivity contribution in [1.82, 2.24) is 9.78 Å².